The topological polar surface area (TPSA) is 55.2 Å². The molecule has 0 radical (unpaired) electrons. The smallest absolute Gasteiger partial charge is 0.274 e. The molecule has 0 aliphatic carbocycles. The van der Waals surface area contributed by atoms with Gasteiger partial charge in [0.05, 0.1) is 11.0 Å². The summed E-state index contributed by atoms with van der Waals surface area (Å²) in [7, 11) is 0. The molecule has 0 aromatic heterocycles. The Kier molecular flexibility index (Phi) is 4.43. The van der Waals surface area contributed by atoms with Gasteiger partial charge in [-0.3, -0.25) is 10.1 Å². The molecule has 0 spiro atoms. The Bertz CT molecular complexity index is 407. The lowest BCUT2D eigenvalue weighted by Crippen LogP contribution is -2.24. The number of anilines is 1. The Labute approximate surface area is 100.0 Å². The molecule has 17 heavy (non-hydrogen) atoms. The Hall–Kier alpha value is -1.65. The number of nitrogens with one attached hydrogen (secondary N) is 1. The molecule has 1 atom stereocenters. The van der Waals surface area contributed by atoms with E-state index in [0.717, 1.165) is 12.5 Å². The van der Waals surface area contributed by atoms with Crippen molar-refractivity contribution in [2.24, 2.45) is 5.92 Å². The lowest BCUT2D eigenvalue weighted by atomic mass is 10.0. The van der Waals surface area contributed by atoms with Crippen molar-refractivity contribution in [3.8, 4) is 0 Å². The van der Waals surface area contributed by atoms with E-state index in [1.165, 1.54) is 12.1 Å². The van der Waals surface area contributed by atoms with Crippen molar-refractivity contribution >= 4 is 11.4 Å². The highest BCUT2D eigenvalue weighted by molar-refractivity contribution is 5.52. The maximum Gasteiger partial charge on any atom is 0.274 e. The van der Waals surface area contributed by atoms with Crippen LogP contribution < -0.4 is 5.32 Å². The highest BCUT2D eigenvalue weighted by Crippen LogP contribution is 2.22. The van der Waals surface area contributed by atoms with Gasteiger partial charge in [0.25, 0.3) is 5.69 Å². The molecular formula is C12H17FN2O2. The second-order valence-electron chi connectivity index (χ2n) is 4.36. The fourth-order valence-corrected chi connectivity index (χ4v) is 1.72. The lowest BCUT2D eigenvalue weighted by Gasteiger charge is -2.21. The summed E-state index contributed by atoms with van der Waals surface area (Å²) in [5.74, 6) is -0.220. The van der Waals surface area contributed by atoms with E-state index in [0.29, 0.717) is 11.6 Å². The molecule has 1 N–H and O–H groups in total. The minimum atomic E-state index is -0.597. The highest BCUT2D eigenvalue weighted by Gasteiger charge is 2.14. The first-order chi connectivity index (χ1) is 7.93. The average molecular weight is 240 g/mol. The minimum Gasteiger partial charge on any atom is -0.382 e. The predicted molar refractivity (Wildman–Crippen MR) is 65.6 cm³/mol. The highest BCUT2D eigenvalue weighted by atomic mass is 19.1. The summed E-state index contributed by atoms with van der Waals surface area (Å²) < 4.78 is 13.2. The molecule has 0 saturated heterocycles. The summed E-state index contributed by atoms with van der Waals surface area (Å²) in [6.45, 7) is 6.12. The molecule has 0 amide bonds. The van der Waals surface area contributed by atoms with Crippen LogP contribution in [0.3, 0.4) is 0 Å². The number of benzene rings is 1. The van der Waals surface area contributed by atoms with Gasteiger partial charge in [-0.15, -0.1) is 0 Å². The van der Waals surface area contributed by atoms with E-state index in [4.69, 9.17) is 0 Å². The largest absolute Gasteiger partial charge is 0.382 e. The number of rotatable bonds is 5. The molecule has 0 bridgehead atoms. The standard InChI is InChI=1S/C12H17FN2O2/c1-4-12(8(2)3)14-10-5-9(13)6-11(7-10)15(16)17/h5-8,12,14H,4H2,1-3H3. The van der Waals surface area contributed by atoms with E-state index in [-0.39, 0.29) is 11.7 Å². The first-order valence-corrected chi connectivity index (χ1v) is 5.65. The number of non-ortho nitro benzene ring substituents is 1. The summed E-state index contributed by atoms with van der Waals surface area (Å²) >= 11 is 0. The molecule has 1 aromatic carbocycles. The van der Waals surface area contributed by atoms with Gasteiger partial charge in [0.15, 0.2) is 0 Å². The quantitative estimate of drug-likeness (QED) is 0.632. The third kappa shape index (κ3) is 3.69. The van der Waals surface area contributed by atoms with Crippen LogP contribution in [-0.4, -0.2) is 11.0 Å². The molecule has 1 unspecified atom stereocenters. The van der Waals surface area contributed by atoms with Gasteiger partial charge in [-0.05, 0) is 18.4 Å². The van der Waals surface area contributed by atoms with Gasteiger partial charge in [0, 0.05) is 17.8 Å². The van der Waals surface area contributed by atoms with Crippen LogP contribution in [0, 0.1) is 21.8 Å². The van der Waals surface area contributed by atoms with E-state index >= 15 is 0 Å². The first-order valence-electron chi connectivity index (χ1n) is 5.65. The monoisotopic (exact) mass is 240 g/mol. The van der Waals surface area contributed by atoms with Crippen molar-refractivity contribution in [3.63, 3.8) is 0 Å². The lowest BCUT2D eigenvalue weighted by molar-refractivity contribution is -0.385. The van der Waals surface area contributed by atoms with Gasteiger partial charge >= 0.3 is 0 Å². The third-order valence-corrected chi connectivity index (χ3v) is 2.69. The second-order valence-corrected chi connectivity index (χ2v) is 4.36. The number of halogens is 1. The summed E-state index contributed by atoms with van der Waals surface area (Å²) in [4.78, 5) is 10.0. The van der Waals surface area contributed by atoms with Crippen molar-refractivity contribution in [1.29, 1.82) is 0 Å². The van der Waals surface area contributed by atoms with Crippen molar-refractivity contribution in [1.82, 2.24) is 0 Å². The van der Waals surface area contributed by atoms with Gasteiger partial charge in [0.1, 0.15) is 5.82 Å². The number of hydrogen-bond acceptors (Lipinski definition) is 3. The Morgan fingerprint density at radius 1 is 1.41 bits per heavy atom. The molecule has 0 aliphatic rings. The maximum absolute atomic E-state index is 13.2. The summed E-state index contributed by atoms with van der Waals surface area (Å²) in [6.07, 6.45) is 0.877. The first kappa shape index (κ1) is 13.4. The second kappa shape index (κ2) is 5.61. The molecule has 94 valence electrons. The van der Waals surface area contributed by atoms with E-state index in [1.807, 2.05) is 6.92 Å². The number of hydrogen-bond donors (Lipinski definition) is 1. The Balaban J connectivity index is 2.94. The van der Waals surface area contributed by atoms with Gasteiger partial charge in [-0.2, -0.15) is 0 Å². The molecular weight excluding hydrogens is 223 g/mol. The normalized spacial score (nSPS) is 12.5. The molecule has 4 nitrogen and oxygen atoms in total. The molecule has 1 aromatic rings. The van der Waals surface area contributed by atoms with E-state index in [9.17, 15) is 14.5 Å². The zero-order valence-corrected chi connectivity index (χ0v) is 10.2. The van der Waals surface area contributed by atoms with Crippen LogP contribution in [0.1, 0.15) is 27.2 Å². The summed E-state index contributed by atoms with van der Waals surface area (Å²) in [6, 6.07) is 3.73. The summed E-state index contributed by atoms with van der Waals surface area (Å²) in [5, 5.41) is 13.7. The van der Waals surface area contributed by atoms with Gasteiger partial charge in [0.2, 0.25) is 0 Å². The minimum absolute atomic E-state index is 0.177. The molecule has 0 saturated carbocycles. The molecule has 0 heterocycles. The molecule has 0 aliphatic heterocycles. The van der Waals surface area contributed by atoms with E-state index in [2.05, 4.69) is 19.2 Å². The van der Waals surface area contributed by atoms with Crippen LogP contribution in [0.15, 0.2) is 18.2 Å². The van der Waals surface area contributed by atoms with Crippen LogP contribution in [0.2, 0.25) is 0 Å². The van der Waals surface area contributed by atoms with Crippen molar-refractivity contribution in [3.05, 3.63) is 34.1 Å². The van der Waals surface area contributed by atoms with Crippen molar-refractivity contribution in [2.45, 2.75) is 33.2 Å². The zero-order valence-electron chi connectivity index (χ0n) is 10.2. The molecule has 5 heteroatoms. The Morgan fingerprint density at radius 3 is 2.53 bits per heavy atom. The van der Waals surface area contributed by atoms with Crippen molar-refractivity contribution < 1.29 is 9.31 Å². The molecule has 0 fully saturated rings. The number of nitro benzene ring substituents is 1. The van der Waals surface area contributed by atoms with E-state index in [1.54, 1.807) is 0 Å². The van der Waals surface area contributed by atoms with Crippen LogP contribution in [0.5, 0.6) is 0 Å². The van der Waals surface area contributed by atoms with Gasteiger partial charge < -0.3 is 5.32 Å². The Morgan fingerprint density at radius 2 is 2.06 bits per heavy atom. The zero-order chi connectivity index (χ0) is 13.0. The predicted octanol–water partition coefficient (Wildman–Crippen LogP) is 3.58. The summed E-state index contributed by atoms with van der Waals surface area (Å²) in [5.41, 5.74) is 0.225. The molecule has 1 rings (SSSR count). The van der Waals surface area contributed by atoms with Crippen LogP contribution in [0.4, 0.5) is 15.8 Å². The maximum atomic E-state index is 13.2. The van der Waals surface area contributed by atoms with E-state index < -0.39 is 10.7 Å². The average Bonchev–Trinajstić information content (AvgIpc) is 2.24. The van der Waals surface area contributed by atoms with Crippen LogP contribution in [0.25, 0.3) is 0 Å². The van der Waals surface area contributed by atoms with Gasteiger partial charge in [-0.1, -0.05) is 20.8 Å². The van der Waals surface area contributed by atoms with Crippen molar-refractivity contribution in [2.75, 3.05) is 5.32 Å². The fourth-order valence-electron chi connectivity index (χ4n) is 1.72. The fraction of sp³-hybridized carbons (Fsp3) is 0.500. The number of nitro groups is 1. The van der Waals surface area contributed by atoms with Crippen LogP contribution in [-0.2, 0) is 0 Å². The number of nitrogens with zero attached hydrogens (tertiary/aromatic N) is 1. The third-order valence-electron chi connectivity index (χ3n) is 2.69. The van der Waals surface area contributed by atoms with Crippen LogP contribution >= 0.6 is 0 Å². The van der Waals surface area contributed by atoms with Gasteiger partial charge in [-0.25, -0.2) is 4.39 Å². The SMILES string of the molecule is CCC(Nc1cc(F)cc([N+](=O)[O-])c1)C(C)C.